The molecule has 9 nitrogen and oxygen atoms in total. The molecule has 1 saturated heterocycles. The van der Waals surface area contributed by atoms with Crippen LogP contribution in [0.25, 0.3) is 0 Å². The number of amides is 2. The number of hydrogen-bond donors (Lipinski definition) is 3. The van der Waals surface area contributed by atoms with Crippen molar-refractivity contribution < 1.29 is 27.5 Å². The van der Waals surface area contributed by atoms with Crippen LogP contribution < -0.4 is 25.4 Å². The van der Waals surface area contributed by atoms with Gasteiger partial charge in [0, 0.05) is 12.6 Å². The average Bonchev–Trinajstić information content (AvgIpc) is 2.82. The van der Waals surface area contributed by atoms with Gasteiger partial charge in [-0.25, -0.2) is 8.42 Å². The molecule has 0 aliphatic carbocycles. The number of benzene rings is 2. The van der Waals surface area contributed by atoms with Gasteiger partial charge in [-0.1, -0.05) is 44.5 Å². The molecule has 2 aromatic rings. The molecule has 196 valence electrons. The van der Waals surface area contributed by atoms with Crippen molar-refractivity contribution in [1.29, 1.82) is 0 Å². The first-order valence-corrected chi connectivity index (χ1v) is 14.0. The molecule has 2 unspecified atom stereocenters. The quantitative estimate of drug-likeness (QED) is 0.454. The molecule has 0 aromatic heterocycles. The number of halogens is 1. The molecule has 2 aromatic carbocycles. The zero-order valence-corrected chi connectivity index (χ0v) is 23.1. The number of hydrogen-bond acceptors (Lipinski definition) is 8. The Morgan fingerprint density at radius 2 is 1.78 bits per heavy atom. The summed E-state index contributed by atoms with van der Waals surface area (Å²) in [6.07, 6.45) is 0. The van der Waals surface area contributed by atoms with Crippen LogP contribution in [0.15, 0.2) is 41.3 Å². The lowest BCUT2D eigenvalue weighted by Gasteiger charge is -2.29. The van der Waals surface area contributed by atoms with E-state index in [1.165, 1.54) is 32.4 Å². The van der Waals surface area contributed by atoms with E-state index in [-0.39, 0.29) is 28.5 Å². The van der Waals surface area contributed by atoms with E-state index in [1.807, 2.05) is 20.8 Å². The number of thioether (sulfide) groups is 1. The molecule has 1 fully saturated rings. The van der Waals surface area contributed by atoms with Crippen LogP contribution in [-0.4, -0.2) is 57.5 Å². The van der Waals surface area contributed by atoms with E-state index in [4.69, 9.17) is 21.1 Å². The fourth-order valence-corrected chi connectivity index (χ4v) is 6.10. The van der Waals surface area contributed by atoms with Gasteiger partial charge in [0.25, 0.3) is 0 Å². The van der Waals surface area contributed by atoms with Gasteiger partial charge >= 0.3 is 0 Å². The van der Waals surface area contributed by atoms with Gasteiger partial charge in [-0.2, -0.15) is 0 Å². The molecule has 1 heterocycles. The standard InChI is InChI=1S/C24H30ClN3O6S2/c1-24(2,3)14-6-8-15(9-7-14)36(31,32)20-12-26-23(28-22(20)30)35-13-21(29)27-17-10-16(25)18(33-4)11-19(17)34-5/h6-11,20,23,26H,12-13H2,1-5H3,(H,27,29)(H,28,30). The van der Waals surface area contributed by atoms with E-state index >= 15 is 0 Å². The van der Waals surface area contributed by atoms with E-state index in [0.717, 1.165) is 17.3 Å². The summed E-state index contributed by atoms with van der Waals surface area (Å²) in [7, 11) is -0.958. The first-order valence-electron chi connectivity index (χ1n) is 11.1. The summed E-state index contributed by atoms with van der Waals surface area (Å²) in [6.45, 7) is 6.04. The van der Waals surface area contributed by atoms with Gasteiger partial charge in [-0.15, -0.1) is 11.8 Å². The second-order valence-corrected chi connectivity index (χ2v) is 12.8. The topological polar surface area (TPSA) is 123 Å². The minimum atomic E-state index is -3.89. The molecule has 0 radical (unpaired) electrons. The molecule has 0 bridgehead atoms. The molecule has 1 aliphatic rings. The minimum Gasteiger partial charge on any atom is -0.495 e. The fraction of sp³-hybridized carbons (Fsp3) is 0.417. The Hall–Kier alpha value is -2.47. The Bertz CT molecular complexity index is 1230. The first kappa shape index (κ1) is 28.1. The third kappa shape index (κ3) is 6.44. The summed E-state index contributed by atoms with van der Waals surface area (Å²) in [5, 5.41) is 7.37. The number of sulfone groups is 1. The van der Waals surface area contributed by atoms with Crippen LogP contribution in [0.3, 0.4) is 0 Å². The van der Waals surface area contributed by atoms with E-state index in [1.54, 1.807) is 18.2 Å². The Balaban J connectivity index is 1.58. The van der Waals surface area contributed by atoms with E-state index < -0.39 is 26.5 Å². The predicted molar refractivity (Wildman–Crippen MR) is 142 cm³/mol. The zero-order valence-electron chi connectivity index (χ0n) is 20.7. The highest BCUT2D eigenvalue weighted by molar-refractivity contribution is 8.00. The summed E-state index contributed by atoms with van der Waals surface area (Å²) in [5.41, 5.74) is 0.627. The highest BCUT2D eigenvalue weighted by Gasteiger charge is 2.38. The number of ether oxygens (including phenoxy) is 2. The maximum absolute atomic E-state index is 13.1. The van der Waals surface area contributed by atoms with Crippen LogP contribution in [0.2, 0.25) is 5.02 Å². The van der Waals surface area contributed by atoms with Gasteiger partial charge in [0.1, 0.15) is 17.0 Å². The van der Waals surface area contributed by atoms with Crippen molar-refractivity contribution in [1.82, 2.24) is 10.6 Å². The molecule has 0 spiro atoms. The van der Waals surface area contributed by atoms with Crippen molar-refractivity contribution in [2.45, 2.75) is 41.8 Å². The van der Waals surface area contributed by atoms with E-state index in [0.29, 0.717) is 22.2 Å². The number of methoxy groups -OCH3 is 2. The Morgan fingerprint density at radius 3 is 2.33 bits per heavy atom. The van der Waals surface area contributed by atoms with Crippen LogP contribution >= 0.6 is 23.4 Å². The van der Waals surface area contributed by atoms with Crippen LogP contribution in [0, 0.1) is 0 Å². The van der Waals surface area contributed by atoms with Gasteiger partial charge in [0.2, 0.25) is 11.8 Å². The summed E-state index contributed by atoms with van der Waals surface area (Å²) < 4.78 is 36.5. The highest BCUT2D eigenvalue weighted by atomic mass is 35.5. The number of rotatable bonds is 8. The second kappa shape index (κ2) is 11.3. The van der Waals surface area contributed by atoms with Crippen LogP contribution in [0.1, 0.15) is 26.3 Å². The molecule has 36 heavy (non-hydrogen) atoms. The van der Waals surface area contributed by atoms with Gasteiger partial charge in [-0.3, -0.25) is 14.9 Å². The lowest BCUT2D eigenvalue weighted by Crippen LogP contribution is -2.59. The number of anilines is 1. The van der Waals surface area contributed by atoms with Gasteiger partial charge in [0.05, 0.1) is 35.6 Å². The second-order valence-electron chi connectivity index (χ2n) is 9.15. The maximum Gasteiger partial charge on any atom is 0.241 e. The van der Waals surface area contributed by atoms with Crippen molar-refractivity contribution in [3.05, 3.63) is 47.0 Å². The maximum atomic E-state index is 13.1. The van der Waals surface area contributed by atoms with Crippen molar-refractivity contribution in [2.75, 3.05) is 31.8 Å². The summed E-state index contributed by atoms with van der Waals surface area (Å²) in [6, 6.07) is 9.69. The third-order valence-electron chi connectivity index (χ3n) is 5.61. The summed E-state index contributed by atoms with van der Waals surface area (Å²) >= 11 is 7.25. The lowest BCUT2D eigenvalue weighted by atomic mass is 9.87. The van der Waals surface area contributed by atoms with Crippen molar-refractivity contribution in [3.63, 3.8) is 0 Å². The predicted octanol–water partition coefficient (Wildman–Crippen LogP) is 3.17. The Kier molecular flexibility index (Phi) is 8.81. The summed E-state index contributed by atoms with van der Waals surface area (Å²) in [4.78, 5) is 25.3. The van der Waals surface area contributed by atoms with Crippen LogP contribution in [0.4, 0.5) is 5.69 Å². The molecule has 2 amide bonds. The molecule has 3 N–H and O–H groups in total. The SMILES string of the molecule is COc1cc(OC)c(NC(=O)CSC2NCC(S(=O)(=O)c3ccc(C(C)(C)C)cc3)C(=O)N2)cc1Cl. The van der Waals surface area contributed by atoms with Crippen molar-refractivity contribution in [3.8, 4) is 11.5 Å². The number of carbonyl (C=O) groups is 2. The molecule has 2 atom stereocenters. The number of carbonyl (C=O) groups excluding carboxylic acids is 2. The van der Waals surface area contributed by atoms with E-state index in [2.05, 4.69) is 16.0 Å². The third-order valence-corrected chi connectivity index (χ3v) is 9.01. The molecular weight excluding hydrogens is 526 g/mol. The van der Waals surface area contributed by atoms with Crippen molar-refractivity contribution in [2.24, 2.45) is 0 Å². The Morgan fingerprint density at radius 1 is 1.14 bits per heavy atom. The Labute approximate surface area is 220 Å². The average molecular weight is 556 g/mol. The molecule has 12 heteroatoms. The van der Waals surface area contributed by atoms with E-state index in [9.17, 15) is 18.0 Å². The highest BCUT2D eigenvalue weighted by Crippen LogP contribution is 2.36. The summed E-state index contributed by atoms with van der Waals surface area (Å²) in [5.74, 6) is -0.206. The smallest absolute Gasteiger partial charge is 0.241 e. The molecule has 0 saturated carbocycles. The molecule has 1 aliphatic heterocycles. The minimum absolute atomic E-state index is 0.0174. The van der Waals surface area contributed by atoms with Gasteiger partial charge in [-0.05, 0) is 29.2 Å². The molecular formula is C24H30ClN3O6S2. The largest absolute Gasteiger partial charge is 0.495 e. The normalized spacial score (nSPS) is 18.3. The zero-order chi connectivity index (χ0) is 26.7. The van der Waals surface area contributed by atoms with Crippen LogP contribution in [-0.2, 0) is 24.8 Å². The lowest BCUT2D eigenvalue weighted by molar-refractivity contribution is -0.122. The van der Waals surface area contributed by atoms with Gasteiger partial charge in [0.15, 0.2) is 15.1 Å². The first-order chi connectivity index (χ1) is 16.9. The van der Waals surface area contributed by atoms with Crippen molar-refractivity contribution >= 4 is 50.7 Å². The van der Waals surface area contributed by atoms with Crippen LogP contribution in [0.5, 0.6) is 11.5 Å². The fourth-order valence-electron chi connectivity index (χ4n) is 3.54. The number of nitrogens with one attached hydrogen (secondary N) is 3. The van der Waals surface area contributed by atoms with Gasteiger partial charge < -0.3 is 20.1 Å². The monoisotopic (exact) mass is 555 g/mol. The molecule has 3 rings (SSSR count).